The van der Waals surface area contributed by atoms with Crippen LogP contribution in [0.25, 0.3) is 10.2 Å². The molecule has 1 aromatic heterocycles. The molecule has 0 amide bonds. The Morgan fingerprint density at radius 3 is 3.11 bits per heavy atom. The Balaban J connectivity index is 2.04. The number of rotatable bonds is 1. The Hall–Kier alpha value is -1.29. The van der Waals surface area contributed by atoms with Gasteiger partial charge in [0.05, 0.1) is 21.6 Å². The number of nitrogens with zero attached hydrogens (tertiary/aromatic N) is 2. The van der Waals surface area contributed by atoms with Crippen LogP contribution >= 0.6 is 11.3 Å². The molecule has 2 N–H and O–H groups in total. The van der Waals surface area contributed by atoms with Crippen molar-refractivity contribution >= 4 is 32.9 Å². The number of aromatic nitrogens is 1. The maximum atomic E-state index is 6.31. The second-order valence-electron chi connectivity index (χ2n) is 5.09. The summed E-state index contributed by atoms with van der Waals surface area (Å²) in [5, 5.41) is 0. The minimum atomic E-state index is 0.575. The summed E-state index contributed by atoms with van der Waals surface area (Å²) in [6.45, 7) is 3.41. The van der Waals surface area contributed by atoms with Gasteiger partial charge in [-0.05, 0) is 31.9 Å². The zero-order valence-corrected chi connectivity index (χ0v) is 11.5. The molecule has 1 aliphatic rings. The second kappa shape index (κ2) is 4.76. The third-order valence-electron chi connectivity index (χ3n) is 3.88. The van der Waals surface area contributed by atoms with Crippen LogP contribution in [0, 0.1) is 0 Å². The van der Waals surface area contributed by atoms with Gasteiger partial charge in [-0.25, -0.2) is 4.98 Å². The highest BCUT2D eigenvalue weighted by Gasteiger charge is 2.20. The minimum Gasteiger partial charge on any atom is -0.395 e. The Morgan fingerprint density at radius 1 is 1.33 bits per heavy atom. The van der Waals surface area contributed by atoms with Crippen LogP contribution in [-0.4, -0.2) is 17.6 Å². The van der Waals surface area contributed by atoms with Crippen molar-refractivity contribution in [2.24, 2.45) is 0 Å². The van der Waals surface area contributed by atoms with Crippen molar-refractivity contribution in [2.75, 3.05) is 17.2 Å². The van der Waals surface area contributed by atoms with Gasteiger partial charge in [0.15, 0.2) is 0 Å². The summed E-state index contributed by atoms with van der Waals surface area (Å²) in [5.41, 5.74) is 11.2. The van der Waals surface area contributed by atoms with Gasteiger partial charge in [0, 0.05) is 12.6 Å². The first kappa shape index (κ1) is 11.8. The van der Waals surface area contributed by atoms with Gasteiger partial charge in [-0.3, -0.25) is 0 Å². The molecule has 2 aromatic rings. The molecule has 18 heavy (non-hydrogen) atoms. The molecule has 3 rings (SSSR count). The van der Waals surface area contributed by atoms with Crippen LogP contribution in [0.3, 0.4) is 0 Å². The van der Waals surface area contributed by atoms with Crippen LogP contribution in [0.2, 0.25) is 0 Å². The fourth-order valence-corrected chi connectivity index (χ4v) is 3.52. The third kappa shape index (κ3) is 1.94. The van der Waals surface area contributed by atoms with E-state index < -0.39 is 0 Å². The molecule has 2 heterocycles. The maximum Gasteiger partial charge on any atom is 0.106 e. The molecule has 0 radical (unpaired) electrons. The van der Waals surface area contributed by atoms with Gasteiger partial charge in [0.25, 0.3) is 0 Å². The predicted molar refractivity (Wildman–Crippen MR) is 79.3 cm³/mol. The van der Waals surface area contributed by atoms with Crippen LogP contribution in [0.5, 0.6) is 0 Å². The number of hydrogen-bond donors (Lipinski definition) is 1. The molecule has 96 valence electrons. The Kier molecular flexibility index (Phi) is 3.12. The molecule has 1 aliphatic heterocycles. The van der Waals surface area contributed by atoms with E-state index in [9.17, 15) is 0 Å². The monoisotopic (exact) mass is 261 g/mol. The summed E-state index contributed by atoms with van der Waals surface area (Å²) in [5.74, 6) is 0. The maximum absolute atomic E-state index is 6.31. The number of anilines is 2. The molecule has 0 bridgehead atoms. The highest BCUT2D eigenvalue weighted by molar-refractivity contribution is 7.16. The van der Waals surface area contributed by atoms with Crippen molar-refractivity contribution in [3.63, 3.8) is 0 Å². The molecule has 0 aliphatic carbocycles. The lowest BCUT2D eigenvalue weighted by molar-refractivity contribution is 0.617. The standard InChI is InChI=1S/C14H19N3S/c1-10-5-3-2-4-8-17(10)11-6-7-12-14(13(11)15)16-9-18-12/h6-7,9-10H,2-5,8,15H2,1H3. The van der Waals surface area contributed by atoms with E-state index in [-0.39, 0.29) is 0 Å². The smallest absolute Gasteiger partial charge is 0.106 e. The normalized spacial score (nSPS) is 21.2. The lowest BCUT2D eigenvalue weighted by atomic mass is 10.1. The predicted octanol–water partition coefficient (Wildman–Crippen LogP) is 3.65. The first-order valence-corrected chi connectivity index (χ1v) is 7.53. The highest BCUT2D eigenvalue weighted by Crippen LogP contribution is 2.35. The van der Waals surface area contributed by atoms with Gasteiger partial charge in [-0.1, -0.05) is 12.8 Å². The van der Waals surface area contributed by atoms with E-state index in [0.717, 1.165) is 17.7 Å². The largest absolute Gasteiger partial charge is 0.395 e. The number of thiazole rings is 1. The zero-order chi connectivity index (χ0) is 12.5. The average molecular weight is 261 g/mol. The van der Waals surface area contributed by atoms with Gasteiger partial charge in [0.2, 0.25) is 0 Å². The van der Waals surface area contributed by atoms with E-state index in [1.807, 2.05) is 5.51 Å². The van der Waals surface area contributed by atoms with Gasteiger partial charge in [-0.2, -0.15) is 0 Å². The van der Waals surface area contributed by atoms with E-state index in [1.54, 1.807) is 11.3 Å². The number of benzene rings is 1. The third-order valence-corrected chi connectivity index (χ3v) is 4.68. The molecule has 0 saturated carbocycles. The Labute approximate surface area is 112 Å². The summed E-state index contributed by atoms with van der Waals surface area (Å²) in [6.07, 6.45) is 5.18. The fraction of sp³-hybridized carbons (Fsp3) is 0.500. The summed E-state index contributed by atoms with van der Waals surface area (Å²) in [7, 11) is 0. The van der Waals surface area contributed by atoms with Crippen LogP contribution in [0.1, 0.15) is 32.6 Å². The number of nitrogen functional groups attached to an aromatic ring is 1. The van der Waals surface area contributed by atoms with E-state index in [0.29, 0.717) is 6.04 Å². The molecule has 3 nitrogen and oxygen atoms in total. The van der Waals surface area contributed by atoms with Crippen LogP contribution in [-0.2, 0) is 0 Å². The number of nitrogens with two attached hydrogens (primary N) is 1. The van der Waals surface area contributed by atoms with Crippen molar-refractivity contribution in [3.8, 4) is 0 Å². The topological polar surface area (TPSA) is 42.2 Å². The van der Waals surface area contributed by atoms with Crippen molar-refractivity contribution < 1.29 is 0 Å². The molecular formula is C14H19N3S. The highest BCUT2D eigenvalue weighted by atomic mass is 32.1. The molecule has 1 atom stereocenters. The zero-order valence-electron chi connectivity index (χ0n) is 10.7. The first-order valence-electron chi connectivity index (χ1n) is 6.65. The Bertz CT molecular complexity index is 549. The molecule has 1 unspecified atom stereocenters. The lowest BCUT2D eigenvalue weighted by Gasteiger charge is -2.30. The summed E-state index contributed by atoms with van der Waals surface area (Å²) < 4.78 is 1.18. The molecular weight excluding hydrogens is 242 g/mol. The SMILES string of the molecule is CC1CCCCCN1c1ccc2scnc2c1N. The van der Waals surface area contributed by atoms with Crippen molar-refractivity contribution in [1.82, 2.24) is 4.98 Å². The molecule has 0 spiro atoms. The van der Waals surface area contributed by atoms with Gasteiger partial charge in [0.1, 0.15) is 5.52 Å². The summed E-state index contributed by atoms with van der Waals surface area (Å²) in [4.78, 5) is 6.85. The van der Waals surface area contributed by atoms with Gasteiger partial charge in [-0.15, -0.1) is 11.3 Å². The second-order valence-corrected chi connectivity index (χ2v) is 5.98. The van der Waals surface area contributed by atoms with Gasteiger partial charge >= 0.3 is 0 Å². The first-order chi connectivity index (χ1) is 8.77. The van der Waals surface area contributed by atoms with E-state index in [2.05, 4.69) is 28.9 Å². The van der Waals surface area contributed by atoms with Crippen molar-refractivity contribution in [2.45, 2.75) is 38.6 Å². The summed E-state index contributed by atoms with van der Waals surface area (Å²) in [6, 6.07) is 4.89. The van der Waals surface area contributed by atoms with Crippen molar-refractivity contribution in [1.29, 1.82) is 0 Å². The van der Waals surface area contributed by atoms with E-state index >= 15 is 0 Å². The molecule has 1 fully saturated rings. The van der Waals surface area contributed by atoms with Crippen LogP contribution in [0.15, 0.2) is 17.6 Å². The van der Waals surface area contributed by atoms with E-state index in [4.69, 9.17) is 5.73 Å². The minimum absolute atomic E-state index is 0.575. The molecule has 1 aromatic carbocycles. The number of hydrogen-bond acceptors (Lipinski definition) is 4. The summed E-state index contributed by atoms with van der Waals surface area (Å²) >= 11 is 1.65. The van der Waals surface area contributed by atoms with Crippen molar-refractivity contribution in [3.05, 3.63) is 17.6 Å². The van der Waals surface area contributed by atoms with Gasteiger partial charge < -0.3 is 10.6 Å². The average Bonchev–Trinajstić information content (AvgIpc) is 2.75. The molecule has 4 heteroatoms. The fourth-order valence-electron chi connectivity index (χ4n) is 2.82. The van der Waals surface area contributed by atoms with Crippen LogP contribution in [0.4, 0.5) is 11.4 Å². The number of fused-ring (bicyclic) bond motifs is 1. The molecule has 1 saturated heterocycles. The lowest BCUT2D eigenvalue weighted by Crippen LogP contribution is -2.33. The van der Waals surface area contributed by atoms with Crippen LogP contribution < -0.4 is 10.6 Å². The van der Waals surface area contributed by atoms with E-state index in [1.165, 1.54) is 36.1 Å². The Morgan fingerprint density at radius 2 is 2.22 bits per heavy atom. The quantitative estimate of drug-likeness (QED) is 0.797.